The van der Waals surface area contributed by atoms with Crippen molar-refractivity contribution in [3.8, 4) is 5.75 Å². The van der Waals surface area contributed by atoms with E-state index in [1.54, 1.807) is 12.1 Å². The van der Waals surface area contributed by atoms with Gasteiger partial charge in [0.15, 0.2) is 0 Å². The molecule has 0 bridgehead atoms. The fourth-order valence-electron chi connectivity index (χ4n) is 2.06. The van der Waals surface area contributed by atoms with Crippen molar-refractivity contribution in [3.05, 3.63) is 40.5 Å². The summed E-state index contributed by atoms with van der Waals surface area (Å²) in [6, 6.07) is 5.15. The van der Waals surface area contributed by atoms with Crippen molar-refractivity contribution < 1.29 is 9.66 Å². The van der Waals surface area contributed by atoms with Crippen LogP contribution in [0, 0.1) is 10.1 Å². The SMILES string of the molecule is COc1ccc(NC2CC=CCC2)c([N+](=O)[O-])c1. The van der Waals surface area contributed by atoms with Crippen molar-refractivity contribution in [2.45, 2.75) is 25.3 Å². The van der Waals surface area contributed by atoms with Gasteiger partial charge in [-0.25, -0.2) is 0 Å². The Balaban J connectivity index is 2.20. The molecule has 1 aromatic carbocycles. The number of nitrogens with one attached hydrogen (secondary N) is 1. The molecule has 0 amide bonds. The van der Waals surface area contributed by atoms with Crippen LogP contribution in [0.25, 0.3) is 0 Å². The first-order valence-corrected chi connectivity index (χ1v) is 5.94. The Bertz CT molecular complexity index is 471. The molecule has 0 fully saturated rings. The normalized spacial score (nSPS) is 18.4. The van der Waals surface area contributed by atoms with Crippen LogP contribution in [0.5, 0.6) is 5.75 Å². The van der Waals surface area contributed by atoms with Gasteiger partial charge in [-0.1, -0.05) is 12.2 Å². The molecule has 1 N–H and O–H groups in total. The van der Waals surface area contributed by atoms with Gasteiger partial charge in [0.1, 0.15) is 11.4 Å². The lowest BCUT2D eigenvalue weighted by atomic mass is 10.0. The summed E-state index contributed by atoms with van der Waals surface area (Å²) in [4.78, 5) is 10.6. The second-order valence-electron chi connectivity index (χ2n) is 4.27. The molecular weight excluding hydrogens is 232 g/mol. The van der Waals surface area contributed by atoms with Gasteiger partial charge in [-0.3, -0.25) is 10.1 Å². The van der Waals surface area contributed by atoms with E-state index in [2.05, 4.69) is 17.5 Å². The van der Waals surface area contributed by atoms with E-state index in [9.17, 15) is 10.1 Å². The average molecular weight is 248 g/mol. The number of rotatable bonds is 4. The number of methoxy groups -OCH3 is 1. The van der Waals surface area contributed by atoms with Gasteiger partial charge in [-0.05, 0) is 31.4 Å². The fraction of sp³-hybridized carbons (Fsp3) is 0.385. The maximum absolute atomic E-state index is 11.0. The molecule has 1 aliphatic rings. The molecule has 96 valence electrons. The minimum absolute atomic E-state index is 0.0592. The molecule has 1 aliphatic carbocycles. The highest BCUT2D eigenvalue weighted by molar-refractivity contribution is 5.64. The van der Waals surface area contributed by atoms with Gasteiger partial charge < -0.3 is 10.1 Å². The summed E-state index contributed by atoms with van der Waals surface area (Å²) in [6.07, 6.45) is 7.17. The van der Waals surface area contributed by atoms with E-state index in [1.165, 1.54) is 13.2 Å². The van der Waals surface area contributed by atoms with Crippen LogP contribution in [-0.2, 0) is 0 Å². The van der Waals surface area contributed by atoms with Gasteiger partial charge in [0.25, 0.3) is 5.69 Å². The van der Waals surface area contributed by atoms with E-state index < -0.39 is 0 Å². The van der Waals surface area contributed by atoms with Crippen LogP contribution in [0.2, 0.25) is 0 Å². The number of nitrogens with zero attached hydrogens (tertiary/aromatic N) is 1. The van der Waals surface area contributed by atoms with Gasteiger partial charge in [0.2, 0.25) is 0 Å². The van der Waals surface area contributed by atoms with Gasteiger partial charge in [0.05, 0.1) is 18.1 Å². The van der Waals surface area contributed by atoms with Gasteiger partial charge in [-0.2, -0.15) is 0 Å². The predicted octanol–water partition coefficient (Wildman–Crippen LogP) is 3.12. The molecule has 18 heavy (non-hydrogen) atoms. The molecule has 0 saturated carbocycles. The Morgan fingerprint density at radius 2 is 2.28 bits per heavy atom. The minimum atomic E-state index is -0.385. The largest absolute Gasteiger partial charge is 0.496 e. The summed E-state index contributed by atoms with van der Waals surface area (Å²) >= 11 is 0. The van der Waals surface area contributed by atoms with Crippen molar-refractivity contribution in [2.24, 2.45) is 0 Å². The summed E-state index contributed by atoms with van der Waals surface area (Å²) in [5.74, 6) is 0.496. The zero-order valence-corrected chi connectivity index (χ0v) is 10.3. The van der Waals surface area contributed by atoms with Crippen molar-refractivity contribution in [2.75, 3.05) is 12.4 Å². The van der Waals surface area contributed by atoms with Crippen molar-refractivity contribution in [1.82, 2.24) is 0 Å². The van der Waals surface area contributed by atoms with Crippen LogP contribution >= 0.6 is 0 Å². The number of anilines is 1. The Labute approximate surface area is 106 Å². The molecule has 1 aromatic rings. The van der Waals surface area contributed by atoms with Crippen LogP contribution in [0.1, 0.15) is 19.3 Å². The molecule has 0 aliphatic heterocycles. The van der Waals surface area contributed by atoms with Crippen LogP contribution in [0.3, 0.4) is 0 Å². The number of ether oxygens (including phenoxy) is 1. The first kappa shape index (κ1) is 12.4. The zero-order valence-electron chi connectivity index (χ0n) is 10.3. The molecule has 1 unspecified atom stereocenters. The molecule has 0 radical (unpaired) electrons. The van der Waals surface area contributed by atoms with Crippen molar-refractivity contribution in [1.29, 1.82) is 0 Å². The molecule has 2 rings (SSSR count). The highest BCUT2D eigenvalue weighted by Gasteiger charge is 2.18. The molecule has 5 heteroatoms. The average Bonchev–Trinajstić information content (AvgIpc) is 2.40. The summed E-state index contributed by atoms with van der Waals surface area (Å²) in [6.45, 7) is 0. The van der Waals surface area contributed by atoms with Gasteiger partial charge >= 0.3 is 0 Å². The number of allylic oxidation sites excluding steroid dienone is 1. The summed E-state index contributed by atoms with van der Waals surface area (Å²) < 4.78 is 5.01. The molecule has 5 nitrogen and oxygen atoms in total. The third kappa shape index (κ3) is 2.80. The lowest BCUT2D eigenvalue weighted by Gasteiger charge is -2.20. The molecule has 0 aromatic heterocycles. The van der Waals surface area contributed by atoms with Crippen LogP contribution in [0.4, 0.5) is 11.4 Å². The van der Waals surface area contributed by atoms with E-state index in [0.29, 0.717) is 11.4 Å². The van der Waals surface area contributed by atoms with Crippen molar-refractivity contribution >= 4 is 11.4 Å². The first-order valence-electron chi connectivity index (χ1n) is 5.94. The molecule has 0 saturated heterocycles. The van der Waals surface area contributed by atoms with E-state index >= 15 is 0 Å². The Morgan fingerprint density at radius 1 is 1.44 bits per heavy atom. The van der Waals surface area contributed by atoms with Crippen molar-refractivity contribution in [3.63, 3.8) is 0 Å². The Kier molecular flexibility index (Phi) is 3.82. The van der Waals surface area contributed by atoms with Crippen LogP contribution in [-0.4, -0.2) is 18.1 Å². The first-order chi connectivity index (χ1) is 8.70. The second kappa shape index (κ2) is 5.53. The summed E-state index contributed by atoms with van der Waals surface area (Å²) in [7, 11) is 1.50. The number of nitro groups is 1. The number of hydrogen-bond donors (Lipinski definition) is 1. The minimum Gasteiger partial charge on any atom is -0.496 e. The van der Waals surface area contributed by atoms with Gasteiger partial charge in [0, 0.05) is 6.04 Å². The number of benzene rings is 1. The van der Waals surface area contributed by atoms with E-state index in [4.69, 9.17) is 4.74 Å². The lowest BCUT2D eigenvalue weighted by Crippen LogP contribution is -2.20. The zero-order chi connectivity index (χ0) is 13.0. The second-order valence-corrected chi connectivity index (χ2v) is 4.27. The van der Waals surface area contributed by atoms with E-state index in [0.717, 1.165) is 19.3 Å². The smallest absolute Gasteiger partial charge is 0.296 e. The third-order valence-electron chi connectivity index (χ3n) is 3.03. The summed E-state index contributed by atoms with van der Waals surface area (Å²) in [5, 5.41) is 14.3. The standard InChI is InChI=1S/C13H16N2O3/c1-18-11-7-8-12(13(9-11)15(16)17)14-10-5-3-2-4-6-10/h2-3,7-10,14H,4-6H2,1H3. The molecule has 1 atom stereocenters. The van der Waals surface area contributed by atoms with E-state index in [1.807, 2.05) is 0 Å². The maximum atomic E-state index is 11.0. The lowest BCUT2D eigenvalue weighted by molar-refractivity contribution is -0.384. The quantitative estimate of drug-likeness (QED) is 0.505. The summed E-state index contributed by atoms with van der Waals surface area (Å²) in [5.41, 5.74) is 0.616. The fourth-order valence-corrected chi connectivity index (χ4v) is 2.06. The van der Waals surface area contributed by atoms with E-state index in [-0.39, 0.29) is 16.7 Å². The Hall–Kier alpha value is -2.04. The Morgan fingerprint density at radius 3 is 2.89 bits per heavy atom. The van der Waals surface area contributed by atoms with Gasteiger partial charge in [-0.15, -0.1) is 0 Å². The molecule has 0 spiro atoms. The molecule has 0 heterocycles. The van der Waals surface area contributed by atoms with Crippen LogP contribution < -0.4 is 10.1 Å². The molecular formula is C13H16N2O3. The highest BCUT2D eigenvalue weighted by atomic mass is 16.6. The highest BCUT2D eigenvalue weighted by Crippen LogP contribution is 2.30. The maximum Gasteiger partial charge on any atom is 0.296 e. The topological polar surface area (TPSA) is 64.4 Å². The third-order valence-corrected chi connectivity index (χ3v) is 3.03. The number of hydrogen-bond acceptors (Lipinski definition) is 4. The van der Waals surface area contributed by atoms with Crippen LogP contribution in [0.15, 0.2) is 30.4 Å². The predicted molar refractivity (Wildman–Crippen MR) is 70.1 cm³/mol. The number of nitro benzene ring substituents is 1. The monoisotopic (exact) mass is 248 g/mol.